The molecule has 0 bridgehead atoms. The molecule has 3 aromatic rings. The van der Waals surface area contributed by atoms with Crippen LogP contribution in [-0.4, -0.2) is 44.2 Å². The Kier molecular flexibility index (Phi) is 5.31. The molecule has 27 heavy (non-hydrogen) atoms. The van der Waals surface area contributed by atoms with E-state index in [0.717, 1.165) is 5.56 Å². The van der Waals surface area contributed by atoms with Crippen LogP contribution >= 0.6 is 0 Å². The topological polar surface area (TPSA) is 94.6 Å². The SMILES string of the molecule is COCc1nn(CC(=O)N(C)c2ccncn2)c(=O)c2cc(C(C)C)cn12. The number of carbonyl (C=O) groups is 1. The van der Waals surface area contributed by atoms with Crippen LogP contribution in [0.5, 0.6) is 0 Å². The van der Waals surface area contributed by atoms with Gasteiger partial charge >= 0.3 is 0 Å². The second kappa shape index (κ2) is 7.67. The summed E-state index contributed by atoms with van der Waals surface area (Å²) >= 11 is 0. The predicted octanol–water partition coefficient (Wildman–Crippen LogP) is 1.22. The van der Waals surface area contributed by atoms with Gasteiger partial charge in [-0.1, -0.05) is 13.8 Å². The molecule has 0 aliphatic heterocycles. The van der Waals surface area contributed by atoms with E-state index in [0.29, 0.717) is 17.2 Å². The lowest BCUT2D eigenvalue weighted by Gasteiger charge is -2.16. The van der Waals surface area contributed by atoms with Gasteiger partial charge in [0, 0.05) is 26.6 Å². The van der Waals surface area contributed by atoms with E-state index in [2.05, 4.69) is 28.9 Å². The number of aromatic nitrogens is 5. The number of anilines is 1. The standard InChI is InChI=1S/C18H22N6O3/c1-12(2)13-7-14-18(26)24(21-16(10-27-4)23(14)8-13)9-17(25)22(3)15-5-6-19-11-20-15/h5-8,11-12H,9-10H2,1-4H3. The summed E-state index contributed by atoms with van der Waals surface area (Å²) in [4.78, 5) is 34.7. The molecule has 142 valence electrons. The maximum atomic E-state index is 12.9. The number of fused-ring (bicyclic) bond motifs is 1. The molecule has 3 rings (SSSR count). The molecule has 0 atom stereocenters. The lowest BCUT2D eigenvalue weighted by Crippen LogP contribution is -2.36. The highest BCUT2D eigenvalue weighted by Crippen LogP contribution is 2.18. The van der Waals surface area contributed by atoms with E-state index < -0.39 is 0 Å². The summed E-state index contributed by atoms with van der Waals surface area (Å²) in [5, 5.41) is 4.34. The van der Waals surface area contributed by atoms with E-state index in [9.17, 15) is 9.59 Å². The minimum atomic E-state index is -0.328. The summed E-state index contributed by atoms with van der Waals surface area (Å²) in [6.45, 7) is 4.13. The van der Waals surface area contributed by atoms with Crippen LogP contribution in [0.15, 0.2) is 35.6 Å². The lowest BCUT2D eigenvalue weighted by molar-refractivity contribution is -0.119. The normalized spacial score (nSPS) is 11.3. The van der Waals surface area contributed by atoms with Gasteiger partial charge in [0.2, 0.25) is 5.91 Å². The van der Waals surface area contributed by atoms with Crippen molar-refractivity contribution >= 4 is 17.2 Å². The van der Waals surface area contributed by atoms with E-state index in [1.165, 1.54) is 15.9 Å². The van der Waals surface area contributed by atoms with E-state index in [1.54, 1.807) is 30.8 Å². The fourth-order valence-corrected chi connectivity index (χ4v) is 2.72. The van der Waals surface area contributed by atoms with Gasteiger partial charge in [-0.3, -0.25) is 18.9 Å². The smallest absolute Gasteiger partial charge is 0.291 e. The zero-order valence-corrected chi connectivity index (χ0v) is 15.8. The van der Waals surface area contributed by atoms with Crippen molar-refractivity contribution in [2.24, 2.45) is 0 Å². The average molecular weight is 370 g/mol. The number of amides is 1. The summed E-state index contributed by atoms with van der Waals surface area (Å²) in [7, 11) is 3.16. The maximum Gasteiger partial charge on any atom is 0.291 e. The third-order valence-electron chi connectivity index (χ3n) is 4.32. The van der Waals surface area contributed by atoms with Crippen LogP contribution in [0.4, 0.5) is 5.82 Å². The Balaban J connectivity index is 2.00. The molecule has 0 aliphatic rings. The molecule has 3 aromatic heterocycles. The first kappa shape index (κ1) is 18.7. The molecule has 0 saturated heterocycles. The highest BCUT2D eigenvalue weighted by Gasteiger charge is 2.18. The van der Waals surface area contributed by atoms with Crippen LogP contribution in [0.25, 0.3) is 5.52 Å². The monoisotopic (exact) mass is 370 g/mol. The number of hydrogen-bond acceptors (Lipinski definition) is 6. The molecule has 9 nitrogen and oxygen atoms in total. The molecule has 3 heterocycles. The summed E-state index contributed by atoms with van der Waals surface area (Å²) in [5.74, 6) is 0.952. The minimum absolute atomic E-state index is 0.200. The zero-order chi connectivity index (χ0) is 19.6. The minimum Gasteiger partial charge on any atom is -0.377 e. The number of nitrogens with zero attached hydrogens (tertiary/aromatic N) is 6. The Morgan fingerprint density at radius 3 is 2.78 bits per heavy atom. The molecule has 0 saturated carbocycles. The first-order valence-electron chi connectivity index (χ1n) is 8.56. The van der Waals surface area contributed by atoms with E-state index in [1.807, 2.05) is 12.3 Å². The van der Waals surface area contributed by atoms with Gasteiger partial charge in [0.05, 0.1) is 0 Å². The second-order valence-electron chi connectivity index (χ2n) is 6.52. The first-order chi connectivity index (χ1) is 12.9. The van der Waals surface area contributed by atoms with E-state index in [4.69, 9.17) is 4.74 Å². The van der Waals surface area contributed by atoms with E-state index >= 15 is 0 Å². The van der Waals surface area contributed by atoms with Crippen molar-refractivity contribution in [2.75, 3.05) is 19.1 Å². The van der Waals surface area contributed by atoms with Gasteiger partial charge < -0.3 is 4.74 Å². The van der Waals surface area contributed by atoms with Crippen molar-refractivity contribution in [3.05, 3.63) is 52.6 Å². The molecule has 0 fully saturated rings. The van der Waals surface area contributed by atoms with Crippen molar-refractivity contribution in [3.63, 3.8) is 0 Å². The van der Waals surface area contributed by atoms with Gasteiger partial charge in [0.1, 0.15) is 30.8 Å². The third kappa shape index (κ3) is 3.72. The van der Waals surface area contributed by atoms with Crippen molar-refractivity contribution in [1.29, 1.82) is 0 Å². The molecule has 0 radical (unpaired) electrons. The Hall–Kier alpha value is -3.07. The van der Waals surface area contributed by atoms with Crippen LogP contribution in [0.3, 0.4) is 0 Å². The molecule has 0 aromatic carbocycles. The second-order valence-corrected chi connectivity index (χ2v) is 6.52. The lowest BCUT2D eigenvalue weighted by atomic mass is 10.1. The summed E-state index contributed by atoms with van der Waals surface area (Å²) in [6.07, 6.45) is 4.80. The van der Waals surface area contributed by atoms with Gasteiger partial charge in [-0.25, -0.2) is 14.6 Å². The van der Waals surface area contributed by atoms with Crippen molar-refractivity contribution < 1.29 is 9.53 Å². The van der Waals surface area contributed by atoms with Crippen molar-refractivity contribution in [3.8, 4) is 0 Å². The van der Waals surface area contributed by atoms with Crippen molar-refractivity contribution in [1.82, 2.24) is 24.1 Å². The Labute approximate surface area is 156 Å². The quantitative estimate of drug-likeness (QED) is 0.647. The van der Waals surface area contributed by atoms with Crippen molar-refractivity contribution in [2.45, 2.75) is 32.9 Å². The molecule has 9 heteroatoms. The number of carbonyl (C=O) groups excluding carboxylic acids is 1. The molecular formula is C18H22N6O3. The highest BCUT2D eigenvalue weighted by atomic mass is 16.5. The fourth-order valence-electron chi connectivity index (χ4n) is 2.72. The largest absolute Gasteiger partial charge is 0.377 e. The van der Waals surface area contributed by atoms with Gasteiger partial charge in [-0.05, 0) is 23.6 Å². The predicted molar refractivity (Wildman–Crippen MR) is 99.7 cm³/mol. The number of likely N-dealkylation sites (N-methyl/N-ethyl adjacent to an activating group) is 1. The molecule has 0 unspecified atom stereocenters. The van der Waals surface area contributed by atoms with E-state index in [-0.39, 0.29) is 30.5 Å². The van der Waals surface area contributed by atoms with Crippen LogP contribution < -0.4 is 10.5 Å². The number of hydrogen-bond donors (Lipinski definition) is 0. The Bertz CT molecular complexity index is 1010. The fraction of sp³-hybridized carbons (Fsp3) is 0.389. The van der Waals surface area contributed by atoms with Gasteiger partial charge in [-0.2, -0.15) is 5.10 Å². The van der Waals surface area contributed by atoms with Gasteiger partial charge in [0.25, 0.3) is 5.56 Å². The highest BCUT2D eigenvalue weighted by molar-refractivity contribution is 5.91. The summed E-state index contributed by atoms with van der Waals surface area (Å²) in [5.41, 5.74) is 1.16. The number of ether oxygens (including phenoxy) is 1. The van der Waals surface area contributed by atoms with Crippen LogP contribution in [-0.2, 0) is 22.7 Å². The van der Waals surface area contributed by atoms with Crippen LogP contribution in [0, 0.1) is 0 Å². The number of rotatable bonds is 6. The first-order valence-corrected chi connectivity index (χ1v) is 8.56. The number of methoxy groups -OCH3 is 1. The molecule has 0 N–H and O–H groups in total. The zero-order valence-electron chi connectivity index (χ0n) is 15.8. The summed E-state index contributed by atoms with van der Waals surface area (Å²) in [6, 6.07) is 3.46. The molecular weight excluding hydrogens is 348 g/mol. The summed E-state index contributed by atoms with van der Waals surface area (Å²) < 4.78 is 8.12. The molecule has 0 aliphatic carbocycles. The Morgan fingerprint density at radius 2 is 2.15 bits per heavy atom. The average Bonchev–Trinajstić information content (AvgIpc) is 3.12. The Morgan fingerprint density at radius 1 is 1.37 bits per heavy atom. The van der Waals surface area contributed by atoms with Crippen LogP contribution in [0.2, 0.25) is 0 Å². The molecule has 1 amide bonds. The third-order valence-corrected chi connectivity index (χ3v) is 4.32. The molecule has 0 spiro atoms. The van der Waals surface area contributed by atoms with Gasteiger partial charge in [0.15, 0.2) is 5.82 Å². The van der Waals surface area contributed by atoms with Gasteiger partial charge in [-0.15, -0.1) is 0 Å². The maximum absolute atomic E-state index is 12.9. The van der Waals surface area contributed by atoms with Crippen LogP contribution in [0.1, 0.15) is 31.2 Å².